The normalized spacial score (nSPS) is 17.4. The molecule has 0 N–H and O–H groups in total. The molecule has 1 aliphatic rings. The zero-order valence-corrected chi connectivity index (χ0v) is 12.8. The van der Waals surface area contributed by atoms with Crippen molar-refractivity contribution < 1.29 is 0 Å². The fraction of sp³-hybridized carbons (Fsp3) is 0.211. The molecular weight excluding hydrogens is 284 g/mol. The number of anilines is 1. The molecule has 114 valence electrons. The van der Waals surface area contributed by atoms with Crippen molar-refractivity contribution in [3.05, 3.63) is 72.7 Å². The maximum Gasteiger partial charge on any atom is 0.161 e. The van der Waals surface area contributed by atoms with Gasteiger partial charge in [0.2, 0.25) is 0 Å². The lowest BCUT2D eigenvalue weighted by atomic mass is 10.1. The summed E-state index contributed by atoms with van der Waals surface area (Å²) < 4.78 is 0. The van der Waals surface area contributed by atoms with Gasteiger partial charge in [0.05, 0.1) is 11.7 Å². The summed E-state index contributed by atoms with van der Waals surface area (Å²) >= 11 is 0. The molecule has 23 heavy (non-hydrogen) atoms. The van der Waals surface area contributed by atoms with Crippen molar-refractivity contribution in [3.8, 4) is 11.4 Å². The third-order valence-corrected chi connectivity index (χ3v) is 4.25. The lowest BCUT2D eigenvalue weighted by Gasteiger charge is -2.25. The zero-order chi connectivity index (χ0) is 15.5. The van der Waals surface area contributed by atoms with Crippen LogP contribution in [-0.4, -0.2) is 21.5 Å². The van der Waals surface area contributed by atoms with E-state index in [1.165, 1.54) is 0 Å². The molecule has 2 aromatic heterocycles. The van der Waals surface area contributed by atoms with Gasteiger partial charge in [0.25, 0.3) is 0 Å². The van der Waals surface area contributed by atoms with Gasteiger partial charge >= 0.3 is 0 Å². The molecule has 1 saturated heterocycles. The van der Waals surface area contributed by atoms with Crippen LogP contribution in [0.25, 0.3) is 11.4 Å². The highest BCUT2D eigenvalue weighted by molar-refractivity contribution is 5.57. The van der Waals surface area contributed by atoms with Crippen LogP contribution in [0.4, 0.5) is 5.82 Å². The van der Waals surface area contributed by atoms with Crippen LogP contribution in [0.15, 0.2) is 67.0 Å². The van der Waals surface area contributed by atoms with E-state index in [1.807, 2.05) is 60.9 Å². The summed E-state index contributed by atoms with van der Waals surface area (Å²) in [5.74, 6) is 1.75. The van der Waals surface area contributed by atoms with E-state index in [1.54, 1.807) is 0 Å². The maximum atomic E-state index is 4.79. The molecule has 0 spiro atoms. The van der Waals surface area contributed by atoms with Crippen molar-refractivity contribution in [3.63, 3.8) is 0 Å². The molecule has 4 heteroatoms. The Morgan fingerprint density at radius 1 is 0.870 bits per heavy atom. The van der Waals surface area contributed by atoms with Gasteiger partial charge in [-0.25, -0.2) is 9.97 Å². The summed E-state index contributed by atoms with van der Waals surface area (Å²) in [6.07, 6.45) is 5.98. The zero-order valence-electron chi connectivity index (χ0n) is 12.8. The minimum Gasteiger partial charge on any atom is -0.348 e. The van der Waals surface area contributed by atoms with Gasteiger partial charge in [-0.1, -0.05) is 36.4 Å². The van der Waals surface area contributed by atoms with Gasteiger partial charge in [0.15, 0.2) is 5.82 Å². The number of benzene rings is 1. The van der Waals surface area contributed by atoms with Crippen LogP contribution in [0.5, 0.6) is 0 Å². The summed E-state index contributed by atoms with van der Waals surface area (Å²) in [6, 6.07) is 18.5. The summed E-state index contributed by atoms with van der Waals surface area (Å²) in [4.78, 5) is 16.1. The molecule has 1 aromatic carbocycles. The van der Waals surface area contributed by atoms with E-state index in [4.69, 9.17) is 4.98 Å². The predicted molar refractivity (Wildman–Crippen MR) is 91.0 cm³/mol. The first-order valence-electron chi connectivity index (χ1n) is 7.98. The summed E-state index contributed by atoms with van der Waals surface area (Å²) in [5.41, 5.74) is 2.16. The molecule has 0 radical (unpaired) electrons. The number of nitrogens with zero attached hydrogens (tertiary/aromatic N) is 4. The van der Waals surface area contributed by atoms with E-state index in [0.717, 1.165) is 42.3 Å². The average molecular weight is 302 g/mol. The highest BCUT2D eigenvalue weighted by Gasteiger charge is 2.28. The number of aromatic nitrogens is 3. The van der Waals surface area contributed by atoms with Crippen molar-refractivity contribution in [1.82, 2.24) is 15.0 Å². The lowest BCUT2D eigenvalue weighted by Crippen LogP contribution is -2.24. The first-order chi connectivity index (χ1) is 11.4. The molecule has 0 unspecified atom stereocenters. The molecule has 1 atom stereocenters. The van der Waals surface area contributed by atoms with Gasteiger partial charge in [0.1, 0.15) is 5.82 Å². The maximum absolute atomic E-state index is 4.79. The first-order valence-corrected chi connectivity index (χ1v) is 7.98. The fourth-order valence-corrected chi connectivity index (χ4v) is 3.16. The Morgan fingerprint density at radius 3 is 2.57 bits per heavy atom. The molecule has 3 aromatic rings. The topological polar surface area (TPSA) is 41.9 Å². The Kier molecular flexibility index (Phi) is 3.72. The Morgan fingerprint density at radius 2 is 1.74 bits per heavy atom. The second kappa shape index (κ2) is 6.16. The third-order valence-electron chi connectivity index (χ3n) is 4.25. The minimum absolute atomic E-state index is 0.301. The highest BCUT2D eigenvalue weighted by atomic mass is 15.2. The molecule has 1 fully saturated rings. The van der Waals surface area contributed by atoms with E-state index in [9.17, 15) is 0 Å². The van der Waals surface area contributed by atoms with Crippen molar-refractivity contribution in [2.45, 2.75) is 18.9 Å². The standard InChI is InChI=1S/C19H18N4/c1-2-7-15(8-3-1)19-21-13-11-18(22-19)23-14-6-10-17(23)16-9-4-5-12-20-16/h1-5,7-9,11-13,17H,6,10,14H2/t17-/m0/s1. The first kappa shape index (κ1) is 13.9. The van der Waals surface area contributed by atoms with E-state index in [0.29, 0.717) is 6.04 Å². The molecule has 4 rings (SSSR count). The lowest BCUT2D eigenvalue weighted by molar-refractivity contribution is 0.687. The van der Waals surface area contributed by atoms with Gasteiger partial charge in [-0.3, -0.25) is 4.98 Å². The molecule has 3 heterocycles. The third kappa shape index (κ3) is 2.80. The second-order valence-corrected chi connectivity index (χ2v) is 5.71. The highest BCUT2D eigenvalue weighted by Crippen LogP contribution is 2.34. The van der Waals surface area contributed by atoms with E-state index in [2.05, 4.69) is 20.9 Å². The Labute approximate surface area is 135 Å². The van der Waals surface area contributed by atoms with Crippen LogP contribution < -0.4 is 4.90 Å². The largest absolute Gasteiger partial charge is 0.348 e. The number of hydrogen-bond donors (Lipinski definition) is 0. The second-order valence-electron chi connectivity index (χ2n) is 5.71. The number of hydrogen-bond acceptors (Lipinski definition) is 4. The van der Waals surface area contributed by atoms with Crippen molar-refractivity contribution in [1.29, 1.82) is 0 Å². The number of pyridine rings is 1. The molecule has 4 nitrogen and oxygen atoms in total. The molecule has 0 amide bonds. The monoisotopic (exact) mass is 302 g/mol. The quantitative estimate of drug-likeness (QED) is 0.736. The minimum atomic E-state index is 0.301. The predicted octanol–water partition coefficient (Wildman–Crippen LogP) is 3.88. The van der Waals surface area contributed by atoms with E-state index >= 15 is 0 Å². The Balaban J connectivity index is 1.68. The summed E-state index contributed by atoms with van der Waals surface area (Å²) in [7, 11) is 0. The van der Waals surface area contributed by atoms with Crippen LogP contribution in [0.1, 0.15) is 24.6 Å². The average Bonchev–Trinajstić information content (AvgIpc) is 3.13. The smallest absolute Gasteiger partial charge is 0.161 e. The summed E-state index contributed by atoms with van der Waals surface area (Å²) in [5, 5.41) is 0. The van der Waals surface area contributed by atoms with Crippen LogP contribution in [0.3, 0.4) is 0 Å². The Hall–Kier alpha value is -2.75. The van der Waals surface area contributed by atoms with Gasteiger partial charge in [-0.05, 0) is 31.0 Å². The van der Waals surface area contributed by atoms with Crippen LogP contribution >= 0.6 is 0 Å². The SMILES string of the molecule is c1ccc(-c2nccc(N3CCC[C@H]3c3ccccn3)n2)cc1. The van der Waals surface area contributed by atoms with E-state index < -0.39 is 0 Å². The van der Waals surface area contributed by atoms with Crippen LogP contribution in [0, 0.1) is 0 Å². The molecule has 0 saturated carbocycles. The van der Waals surface area contributed by atoms with Crippen molar-refractivity contribution in [2.75, 3.05) is 11.4 Å². The van der Waals surface area contributed by atoms with E-state index in [-0.39, 0.29) is 0 Å². The van der Waals surface area contributed by atoms with Gasteiger partial charge in [0, 0.05) is 24.5 Å². The van der Waals surface area contributed by atoms with Gasteiger partial charge < -0.3 is 4.90 Å². The van der Waals surface area contributed by atoms with Crippen molar-refractivity contribution >= 4 is 5.82 Å². The summed E-state index contributed by atoms with van der Waals surface area (Å²) in [6.45, 7) is 1.01. The Bertz CT molecular complexity index is 774. The molecule has 1 aliphatic heterocycles. The molecular formula is C19H18N4. The molecule has 0 aliphatic carbocycles. The van der Waals surface area contributed by atoms with Gasteiger partial charge in [-0.15, -0.1) is 0 Å². The molecule has 0 bridgehead atoms. The van der Waals surface area contributed by atoms with Crippen LogP contribution in [0.2, 0.25) is 0 Å². The number of rotatable bonds is 3. The van der Waals surface area contributed by atoms with Gasteiger partial charge in [-0.2, -0.15) is 0 Å². The fourth-order valence-electron chi connectivity index (χ4n) is 3.16. The van der Waals surface area contributed by atoms with Crippen molar-refractivity contribution in [2.24, 2.45) is 0 Å². The van der Waals surface area contributed by atoms with Crippen LogP contribution in [-0.2, 0) is 0 Å².